The SMILES string of the molecule is O=S(=O)(Nc1ccc(-c2ncnc3[nH]ccc23)cc1)c1ccc(Cl)cc1. The minimum Gasteiger partial charge on any atom is -0.346 e. The monoisotopic (exact) mass is 384 g/mol. The average Bonchev–Trinajstić information content (AvgIpc) is 3.11. The second kappa shape index (κ2) is 6.44. The van der Waals surface area contributed by atoms with Gasteiger partial charge >= 0.3 is 0 Å². The smallest absolute Gasteiger partial charge is 0.261 e. The molecule has 0 amide bonds. The topological polar surface area (TPSA) is 87.7 Å². The predicted octanol–water partition coefficient (Wildman–Crippen LogP) is 4.08. The van der Waals surface area contributed by atoms with Crippen molar-refractivity contribution < 1.29 is 8.42 Å². The van der Waals surface area contributed by atoms with Gasteiger partial charge in [0, 0.05) is 27.9 Å². The summed E-state index contributed by atoms with van der Waals surface area (Å²) in [5, 5.41) is 1.39. The molecule has 0 atom stereocenters. The number of anilines is 1. The van der Waals surface area contributed by atoms with Gasteiger partial charge in [-0.3, -0.25) is 4.72 Å². The number of benzene rings is 2. The maximum absolute atomic E-state index is 12.4. The summed E-state index contributed by atoms with van der Waals surface area (Å²) < 4.78 is 27.4. The minimum atomic E-state index is -3.67. The lowest BCUT2D eigenvalue weighted by Gasteiger charge is -2.09. The Morgan fingerprint density at radius 1 is 0.923 bits per heavy atom. The fourth-order valence-corrected chi connectivity index (χ4v) is 3.81. The highest BCUT2D eigenvalue weighted by atomic mass is 35.5. The van der Waals surface area contributed by atoms with Crippen LogP contribution in [0.15, 0.2) is 72.0 Å². The Hall–Kier alpha value is -2.90. The van der Waals surface area contributed by atoms with Crippen molar-refractivity contribution in [3.05, 3.63) is 72.1 Å². The van der Waals surface area contributed by atoms with E-state index >= 15 is 0 Å². The second-order valence-corrected chi connectivity index (χ2v) is 7.72. The molecule has 2 aromatic heterocycles. The van der Waals surface area contributed by atoms with Gasteiger partial charge in [-0.1, -0.05) is 23.7 Å². The van der Waals surface area contributed by atoms with Gasteiger partial charge in [0.2, 0.25) is 0 Å². The van der Waals surface area contributed by atoms with Crippen LogP contribution in [0.25, 0.3) is 22.3 Å². The van der Waals surface area contributed by atoms with E-state index < -0.39 is 10.0 Å². The van der Waals surface area contributed by atoms with Crippen molar-refractivity contribution in [2.24, 2.45) is 0 Å². The van der Waals surface area contributed by atoms with Crippen molar-refractivity contribution in [3.63, 3.8) is 0 Å². The number of hydrogen-bond donors (Lipinski definition) is 2. The molecule has 130 valence electrons. The summed E-state index contributed by atoms with van der Waals surface area (Å²) in [7, 11) is -3.67. The number of H-pyrrole nitrogens is 1. The molecule has 26 heavy (non-hydrogen) atoms. The van der Waals surface area contributed by atoms with Crippen LogP contribution in [0.2, 0.25) is 5.02 Å². The number of aromatic nitrogens is 3. The van der Waals surface area contributed by atoms with Gasteiger partial charge in [-0.2, -0.15) is 0 Å². The molecule has 4 aromatic rings. The third-order valence-corrected chi connectivity index (χ3v) is 5.54. The van der Waals surface area contributed by atoms with Crippen LogP contribution < -0.4 is 4.72 Å². The third kappa shape index (κ3) is 3.14. The molecule has 0 spiro atoms. The molecule has 0 radical (unpaired) electrons. The van der Waals surface area contributed by atoms with Gasteiger partial charge in [-0.15, -0.1) is 0 Å². The van der Waals surface area contributed by atoms with Gasteiger partial charge in [0.05, 0.1) is 10.6 Å². The Morgan fingerprint density at radius 2 is 1.65 bits per heavy atom. The van der Waals surface area contributed by atoms with Crippen LogP contribution in [0, 0.1) is 0 Å². The van der Waals surface area contributed by atoms with Crippen LogP contribution in [-0.2, 0) is 10.0 Å². The van der Waals surface area contributed by atoms with Crippen LogP contribution in [0.4, 0.5) is 5.69 Å². The summed E-state index contributed by atoms with van der Waals surface area (Å²) in [6, 6.07) is 14.9. The van der Waals surface area contributed by atoms with Gasteiger partial charge in [0.1, 0.15) is 12.0 Å². The van der Waals surface area contributed by atoms with E-state index in [1.165, 1.54) is 30.6 Å². The molecule has 2 N–H and O–H groups in total. The Bertz CT molecular complexity index is 1170. The average molecular weight is 385 g/mol. The number of sulfonamides is 1. The summed E-state index contributed by atoms with van der Waals surface area (Å²) in [4.78, 5) is 11.7. The summed E-state index contributed by atoms with van der Waals surface area (Å²) in [5.74, 6) is 0. The molecule has 0 unspecified atom stereocenters. The number of halogens is 1. The molecule has 2 heterocycles. The lowest BCUT2D eigenvalue weighted by molar-refractivity contribution is 0.601. The molecule has 0 bridgehead atoms. The molecule has 4 rings (SSSR count). The summed E-state index contributed by atoms with van der Waals surface area (Å²) in [6.07, 6.45) is 3.29. The fraction of sp³-hybridized carbons (Fsp3) is 0. The zero-order chi connectivity index (χ0) is 18.1. The van der Waals surface area contributed by atoms with Gasteiger partial charge < -0.3 is 4.98 Å². The molecule has 2 aromatic carbocycles. The molecule has 0 saturated carbocycles. The lowest BCUT2D eigenvalue weighted by atomic mass is 10.1. The van der Waals surface area contributed by atoms with Crippen LogP contribution in [-0.4, -0.2) is 23.4 Å². The van der Waals surface area contributed by atoms with Crippen molar-refractivity contribution >= 4 is 38.3 Å². The molecule has 6 nitrogen and oxygen atoms in total. The zero-order valence-electron chi connectivity index (χ0n) is 13.3. The quantitative estimate of drug-likeness (QED) is 0.555. The highest BCUT2D eigenvalue weighted by Crippen LogP contribution is 2.26. The van der Waals surface area contributed by atoms with E-state index in [0.29, 0.717) is 10.7 Å². The molecule has 0 aliphatic carbocycles. The maximum Gasteiger partial charge on any atom is 0.261 e. The van der Waals surface area contributed by atoms with Gasteiger partial charge in [0.25, 0.3) is 10.0 Å². The number of nitrogens with zero attached hydrogens (tertiary/aromatic N) is 2. The molecule has 0 aliphatic rings. The molecule has 8 heteroatoms. The van der Waals surface area contributed by atoms with Crippen LogP contribution >= 0.6 is 11.6 Å². The number of rotatable bonds is 4. The summed E-state index contributed by atoms with van der Waals surface area (Å²) in [6.45, 7) is 0. The van der Waals surface area contributed by atoms with E-state index in [1.54, 1.807) is 18.3 Å². The Kier molecular flexibility index (Phi) is 4.10. The Morgan fingerprint density at radius 3 is 2.38 bits per heavy atom. The van der Waals surface area contributed by atoms with Crippen molar-refractivity contribution in [1.29, 1.82) is 0 Å². The second-order valence-electron chi connectivity index (χ2n) is 5.60. The Labute approximate surface area is 154 Å². The predicted molar refractivity (Wildman–Crippen MR) is 102 cm³/mol. The van der Waals surface area contributed by atoms with Crippen LogP contribution in [0.5, 0.6) is 0 Å². The molecule has 0 aliphatic heterocycles. The lowest BCUT2D eigenvalue weighted by Crippen LogP contribution is -2.12. The molecular weight excluding hydrogens is 372 g/mol. The molecular formula is C18H13ClN4O2S. The fourth-order valence-electron chi connectivity index (χ4n) is 2.63. The maximum atomic E-state index is 12.4. The summed E-state index contributed by atoms with van der Waals surface area (Å²) in [5.41, 5.74) is 2.86. The number of aromatic amines is 1. The normalized spacial score (nSPS) is 11.6. The third-order valence-electron chi connectivity index (χ3n) is 3.89. The zero-order valence-corrected chi connectivity index (χ0v) is 14.9. The molecule has 0 fully saturated rings. The van der Waals surface area contributed by atoms with E-state index in [4.69, 9.17) is 11.6 Å². The first kappa shape index (κ1) is 16.6. The van der Waals surface area contributed by atoms with Crippen LogP contribution in [0.1, 0.15) is 0 Å². The van der Waals surface area contributed by atoms with E-state index in [-0.39, 0.29) is 4.90 Å². The van der Waals surface area contributed by atoms with E-state index in [0.717, 1.165) is 22.3 Å². The van der Waals surface area contributed by atoms with Crippen LogP contribution in [0.3, 0.4) is 0 Å². The van der Waals surface area contributed by atoms with E-state index in [2.05, 4.69) is 19.7 Å². The van der Waals surface area contributed by atoms with E-state index in [9.17, 15) is 8.42 Å². The first-order chi connectivity index (χ1) is 12.5. The van der Waals surface area contributed by atoms with E-state index in [1.807, 2.05) is 18.2 Å². The number of fused-ring (bicyclic) bond motifs is 1. The summed E-state index contributed by atoms with van der Waals surface area (Å²) >= 11 is 5.80. The first-order valence-electron chi connectivity index (χ1n) is 7.70. The number of nitrogens with one attached hydrogen (secondary N) is 2. The highest BCUT2D eigenvalue weighted by molar-refractivity contribution is 7.92. The highest BCUT2D eigenvalue weighted by Gasteiger charge is 2.14. The first-order valence-corrected chi connectivity index (χ1v) is 9.56. The molecule has 0 saturated heterocycles. The van der Waals surface area contributed by atoms with Gasteiger partial charge in [0.15, 0.2) is 0 Å². The van der Waals surface area contributed by atoms with Crippen molar-refractivity contribution in [3.8, 4) is 11.3 Å². The largest absolute Gasteiger partial charge is 0.346 e. The van der Waals surface area contributed by atoms with Gasteiger partial charge in [-0.05, 0) is 42.5 Å². The standard InChI is InChI=1S/C18H13ClN4O2S/c19-13-3-7-15(8-4-13)26(24,25)23-14-5-1-12(2-6-14)17-16-9-10-20-18(16)22-11-21-17/h1-11,23H,(H,20,21,22). The number of hydrogen-bond acceptors (Lipinski definition) is 4. The van der Waals surface area contributed by atoms with Crippen molar-refractivity contribution in [2.45, 2.75) is 4.90 Å². The van der Waals surface area contributed by atoms with Crippen molar-refractivity contribution in [1.82, 2.24) is 15.0 Å². The van der Waals surface area contributed by atoms with Gasteiger partial charge in [-0.25, -0.2) is 18.4 Å². The van der Waals surface area contributed by atoms with Crippen molar-refractivity contribution in [2.75, 3.05) is 4.72 Å². The Balaban J connectivity index is 1.62. The minimum absolute atomic E-state index is 0.149.